The van der Waals surface area contributed by atoms with Gasteiger partial charge in [0.25, 0.3) is 0 Å². The maximum atomic E-state index is 11.4. The smallest absolute Gasteiger partial charge is 0.220 e. The second-order valence-electron chi connectivity index (χ2n) is 4.79. The predicted octanol–water partition coefficient (Wildman–Crippen LogP) is 0.986. The standard InChI is InChI=1S/C14H26N4O/c1-4-8-17-14(16-5-2)18-9-6-12(7-10-18)11-13(19)15-3/h4,12H,1,5-11H2,2-3H3,(H,15,19)(H,16,17). The van der Waals surface area contributed by atoms with Crippen LogP contribution in [0.15, 0.2) is 17.6 Å². The van der Waals surface area contributed by atoms with Crippen molar-refractivity contribution in [2.45, 2.75) is 26.2 Å². The summed E-state index contributed by atoms with van der Waals surface area (Å²) in [6.45, 7) is 9.20. The summed E-state index contributed by atoms with van der Waals surface area (Å²) in [6.07, 6.45) is 4.54. The van der Waals surface area contributed by atoms with E-state index in [0.717, 1.165) is 38.4 Å². The molecule has 19 heavy (non-hydrogen) atoms. The summed E-state index contributed by atoms with van der Waals surface area (Å²) in [7, 11) is 1.70. The van der Waals surface area contributed by atoms with Crippen LogP contribution in [0.5, 0.6) is 0 Å². The Balaban J connectivity index is 2.46. The lowest BCUT2D eigenvalue weighted by molar-refractivity contribution is -0.121. The number of amides is 1. The number of piperidine rings is 1. The fourth-order valence-electron chi connectivity index (χ4n) is 2.29. The topological polar surface area (TPSA) is 56.7 Å². The number of hydrogen-bond donors (Lipinski definition) is 2. The van der Waals surface area contributed by atoms with Crippen LogP contribution >= 0.6 is 0 Å². The molecule has 108 valence electrons. The average molecular weight is 266 g/mol. The van der Waals surface area contributed by atoms with Gasteiger partial charge in [0.1, 0.15) is 0 Å². The molecule has 0 aromatic rings. The third-order valence-electron chi connectivity index (χ3n) is 3.37. The van der Waals surface area contributed by atoms with Gasteiger partial charge in [0.15, 0.2) is 5.96 Å². The highest BCUT2D eigenvalue weighted by molar-refractivity contribution is 5.80. The Morgan fingerprint density at radius 2 is 2.16 bits per heavy atom. The first-order valence-corrected chi connectivity index (χ1v) is 7.06. The largest absolute Gasteiger partial charge is 0.359 e. The molecule has 5 nitrogen and oxygen atoms in total. The number of aliphatic imine (C=N–C) groups is 1. The quantitative estimate of drug-likeness (QED) is 0.443. The number of likely N-dealkylation sites (tertiary alicyclic amines) is 1. The summed E-state index contributed by atoms with van der Waals surface area (Å²) in [6, 6.07) is 0. The molecule has 2 N–H and O–H groups in total. The molecule has 0 spiro atoms. The highest BCUT2D eigenvalue weighted by Crippen LogP contribution is 2.20. The Morgan fingerprint density at radius 1 is 1.47 bits per heavy atom. The molecule has 5 heteroatoms. The third-order valence-corrected chi connectivity index (χ3v) is 3.37. The van der Waals surface area contributed by atoms with Crippen molar-refractivity contribution in [2.75, 3.05) is 33.2 Å². The van der Waals surface area contributed by atoms with E-state index in [0.29, 0.717) is 18.9 Å². The lowest BCUT2D eigenvalue weighted by atomic mass is 9.93. The lowest BCUT2D eigenvalue weighted by Gasteiger charge is -2.34. The van der Waals surface area contributed by atoms with Gasteiger partial charge in [-0.2, -0.15) is 0 Å². The molecule has 1 rings (SSSR count). The molecule has 1 heterocycles. The van der Waals surface area contributed by atoms with E-state index >= 15 is 0 Å². The van der Waals surface area contributed by atoms with Gasteiger partial charge < -0.3 is 15.5 Å². The molecule has 1 aliphatic heterocycles. The fourth-order valence-corrected chi connectivity index (χ4v) is 2.29. The van der Waals surface area contributed by atoms with Crippen LogP contribution in [0, 0.1) is 5.92 Å². The molecule has 0 aromatic carbocycles. The molecular formula is C14H26N4O. The summed E-state index contributed by atoms with van der Waals surface area (Å²) in [5, 5.41) is 6.00. The Labute approximate surface area is 116 Å². The van der Waals surface area contributed by atoms with Crippen molar-refractivity contribution in [3.63, 3.8) is 0 Å². The highest BCUT2D eigenvalue weighted by Gasteiger charge is 2.22. The molecule has 0 saturated carbocycles. The van der Waals surface area contributed by atoms with Crippen LogP contribution in [0.25, 0.3) is 0 Å². The first-order valence-electron chi connectivity index (χ1n) is 7.06. The zero-order valence-corrected chi connectivity index (χ0v) is 12.1. The van der Waals surface area contributed by atoms with Crippen molar-refractivity contribution in [3.8, 4) is 0 Å². The molecular weight excluding hydrogens is 240 g/mol. The van der Waals surface area contributed by atoms with Gasteiger partial charge in [-0.3, -0.25) is 4.79 Å². The number of hydrogen-bond acceptors (Lipinski definition) is 2. The van der Waals surface area contributed by atoms with Crippen molar-refractivity contribution in [1.29, 1.82) is 0 Å². The monoisotopic (exact) mass is 266 g/mol. The SMILES string of the molecule is C=CCN=C(NCC)N1CCC(CC(=O)NC)CC1. The molecule has 0 atom stereocenters. The van der Waals surface area contributed by atoms with E-state index in [1.54, 1.807) is 13.1 Å². The number of rotatable bonds is 5. The van der Waals surface area contributed by atoms with Gasteiger partial charge in [-0.25, -0.2) is 4.99 Å². The maximum absolute atomic E-state index is 11.4. The van der Waals surface area contributed by atoms with Crippen molar-refractivity contribution in [1.82, 2.24) is 15.5 Å². The van der Waals surface area contributed by atoms with Crippen LogP contribution in [0.3, 0.4) is 0 Å². The van der Waals surface area contributed by atoms with E-state index in [4.69, 9.17) is 0 Å². The van der Waals surface area contributed by atoms with Gasteiger partial charge in [0, 0.05) is 33.1 Å². The van der Waals surface area contributed by atoms with Gasteiger partial charge in [-0.1, -0.05) is 6.08 Å². The zero-order chi connectivity index (χ0) is 14.1. The molecule has 0 aliphatic carbocycles. The minimum atomic E-state index is 0.144. The number of nitrogens with one attached hydrogen (secondary N) is 2. The summed E-state index contributed by atoms with van der Waals surface area (Å²) in [5.74, 6) is 1.60. The van der Waals surface area contributed by atoms with E-state index < -0.39 is 0 Å². The molecule has 0 radical (unpaired) electrons. The molecule has 1 aliphatic rings. The van der Waals surface area contributed by atoms with Crippen LogP contribution in [0.4, 0.5) is 0 Å². The minimum absolute atomic E-state index is 0.144. The summed E-state index contributed by atoms with van der Waals surface area (Å²) in [4.78, 5) is 18.1. The number of nitrogens with zero attached hydrogens (tertiary/aromatic N) is 2. The van der Waals surface area contributed by atoms with Gasteiger partial charge in [0.2, 0.25) is 5.91 Å². The molecule has 0 aromatic heterocycles. The second-order valence-corrected chi connectivity index (χ2v) is 4.79. The maximum Gasteiger partial charge on any atom is 0.220 e. The van der Waals surface area contributed by atoms with Crippen LogP contribution < -0.4 is 10.6 Å². The summed E-state index contributed by atoms with van der Waals surface area (Å²) < 4.78 is 0. The van der Waals surface area contributed by atoms with Crippen LogP contribution in [-0.2, 0) is 4.79 Å². The molecule has 0 bridgehead atoms. The van der Waals surface area contributed by atoms with E-state index in [-0.39, 0.29) is 5.91 Å². The predicted molar refractivity (Wildman–Crippen MR) is 79.2 cm³/mol. The second kappa shape index (κ2) is 8.56. The van der Waals surface area contributed by atoms with E-state index in [9.17, 15) is 4.79 Å². The fraction of sp³-hybridized carbons (Fsp3) is 0.714. The molecule has 1 saturated heterocycles. The Kier molecular flexibility index (Phi) is 7.00. The normalized spacial score (nSPS) is 17.2. The summed E-state index contributed by atoms with van der Waals surface area (Å²) >= 11 is 0. The third kappa shape index (κ3) is 5.32. The van der Waals surface area contributed by atoms with E-state index in [1.807, 2.05) is 0 Å². The lowest BCUT2D eigenvalue weighted by Crippen LogP contribution is -2.46. The van der Waals surface area contributed by atoms with Crippen molar-refractivity contribution in [2.24, 2.45) is 10.9 Å². The van der Waals surface area contributed by atoms with Crippen LogP contribution in [0.2, 0.25) is 0 Å². The Bertz CT molecular complexity index is 319. The van der Waals surface area contributed by atoms with Crippen LogP contribution in [-0.4, -0.2) is 50.0 Å². The Hall–Kier alpha value is -1.52. The molecule has 0 unspecified atom stereocenters. The van der Waals surface area contributed by atoms with E-state index in [1.165, 1.54) is 0 Å². The van der Waals surface area contributed by atoms with Crippen LogP contribution in [0.1, 0.15) is 26.2 Å². The first kappa shape index (κ1) is 15.5. The number of guanidine groups is 1. The van der Waals surface area contributed by atoms with Crippen molar-refractivity contribution < 1.29 is 4.79 Å². The highest BCUT2D eigenvalue weighted by atomic mass is 16.1. The van der Waals surface area contributed by atoms with Crippen molar-refractivity contribution in [3.05, 3.63) is 12.7 Å². The molecule has 1 fully saturated rings. The average Bonchev–Trinajstić information content (AvgIpc) is 2.44. The van der Waals surface area contributed by atoms with Crippen molar-refractivity contribution >= 4 is 11.9 Å². The Morgan fingerprint density at radius 3 is 2.68 bits per heavy atom. The van der Waals surface area contributed by atoms with Gasteiger partial charge >= 0.3 is 0 Å². The molecule has 1 amide bonds. The number of carbonyl (C=O) groups is 1. The van der Waals surface area contributed by atoms with Gasteiger partial charge in [-0.15, -0.1) is 6.58 Å². The van der Waals surface area contributed by atoms with Gasteiger partial charge in [0.05, 0.1) is 6.54 Å². The van der Waals surface area contributed by atoms with Gasteiger partial charge in [-0.05, 0) is 25.7 Å². The number of carbonyl (C=O) groups excluding carboxylic acids is 1. The first-order chi connectivity index (χ1) is 9.21. The zero-order valence-electron chi connectivity index (χ0n) is 12.1. The van der Waals surface area contributed by atoms with E-state index in [2.05, 4.69) is 34.0 Å². The minimum Gasteiger partial charge on any atom is -0.359 e. The summed E-state index contributed by atoms with van der Waals surface area (Å²) in [5.41, 5.74) is 0.